The molecule has 4 rings (SSSR count). The van der Waals surface area contributed by atoms with Crippen LogP contribution in [0.2, 0.25) is 0 Å². The van der Waals surface area contributed by atoms with Gasteiger partial charge in [-0.05, 0) is 75.2 Å². The number of hydrogen-bond donors (Lipinski definition) is 1. The molecule has 1 N–H and O–H groups in total. The summed E-state index contributed by atoms with van der Waals surface area (Å²) in [5, 5.41) is 3.75. The van der Waals surface area contributed by atoms with Gasteiger partial charge < -0.3 is 10.2 Å². The van der Waals surface area contributed by atoms with Gasteiger partial charge in [0.1, 0.15) is 0 Å². The molecule has 2 aliphatic heterocycles. The van der Waals surface area contributed by atoms with Crippen molar-refractivity contribution in [1.82, 2.24) is 10.2 Å². The quantitative estimate of drug-likeness (QED) is 0.795. The first-order valence-corrected chi connectivity index (χ1v) is 11.2. The highest BCUT2D eigenvalue weighted by atomic mass is 15.1. The van der Waals surface area contributed by atoms with E-state index in [1.54, 1.807) is 11.1 Å². The highest BCUT2D eigenvalue weighted by Crippen LogP contribution is 2.41. The molecule has 0 unspecified atom stereocenters. The molecule has 1 aliphatic carbocycles. The molecular formula is C24H38N2. The monoisotopic (exact) mass is 354 g/mol. The maximum atomic E-state index is 3.75. The molecule has 2 nitrogen and oxygen atoms in total. The third-order valence-corrected chi connectivity index (χ3v) is 7.51. The molecule has 1 saturated heterocycles. The van der Waals surface area contributed by atoms with Gasteiger partial charge in [-0.15, -0.1) is 0 Å². The summed E-state index contributed by atoms with van der Waals surface area (Å²) in [5.41, 5.74) is 6.60. The van der Waals surface area contributed by atoms with Crippen LogP contribution in [-0.4, -0.2) is 31.1 Å². The van der Waals surface area contributed by atoms with Crippen molar-refractivity contribution in [2.24, 2.45) is 5.92 Å². The van der Waals surface area contributed by atoms with Gasteiger partial charge in [0, 0.05) is 25.0 Å². The number of hydrogen-bond acceptors (Lipinski definition) is 2. The second-order valence-corrected chi connectivity index (χ2v) is 9.50. The Labute approximate surface area is 160 Å². The van der Waals surface area contributed by atoms with Gasteiger partial charge in [0.15, 0.2) is 0 Å². The summed E-state index contributed by atoms with van der Waals surface area (Å²) >= 11 is 0. The van der Waals surface area contributed by atoms with Gasteiger partial charge >= 0.3 is 0 Å². The zero-order valence-electron chi connectivity index (χ0n) is 17.1. The van der Waals surface area contributed by atoms with Crippen LogP contribution in [0.4, 0.5) is 0 Å². The zero-order chi connectivity index (χ0) is 18.0. The normalized spacial score (nSPS) is 24.8. The van der Waals surface area contributed by atoms with Crippen LogP contribution in [0, 0.1) is 19.8 Å². The lowest BCUT2D eigenvalue weighted by molar-refractivity contribution is 0.125. The van der Waals surface area contributed by atoms with Gasteiger partial charge in [0.05, 0.1) is 0 Å². The molecule has 2 heterocycles. The Bertz CT molecular complexity index is 605. The molecule has 3 aliphatic rings. The van der Waals surface area contributed by atoms with E-state index in [1.807, 2.05) is 0 Å². The van der Waals surface area contributed by atoms with Crippen molar-refractivity contribution >= 4 is 0 Å². The van der Waals surface area contributed by atoms with Crippen molar-refractivity contribution < 1.29 is 0 Å². The van der Waals surface area contributed by atoms with E-state index in [0.29, 0.717) is 5.41 Å². The lowest BCUT2D eigenvalue weighted by Crippen LogP contribution is -2.51. The van der Waals surface area contributed by atoms with Crippen LogP contribution in [0.25, 0.3) is 0 Å². The van der Waals surface area contributed by atoms with E-state index >= 15 is 0 Å². The average molecular weight is 355 g/mol. The van der Waals surface area contributed by atoms with Gasteiger partial charge in [-0.25, -0.2) is 0 Å². The summed E-state index contributed by atoms with van der Waals surface area (Å²) in [6.07, 6.45) is 13.0. The molecule has 1 aromatic rings. The Hall–Kier alpha value is -0.860. The van der Waals surface area contributed by atoms with Crippen molar-refractivity contribution in [2.45, 2.75) is 83.6 Å². The predicted molar refractivity (Wildman–Crippen MR) is 111 cm³/mol. The Morgan fingerprint density at radius 3 is 2.42 bits per heavy atom. The highest BCUT2D eigenvalue weighted by Gasteiger charge is 2.40. The van der Waals surface area contributed by atoms with Crippen molar-refractivity contribution in [1.29, 1.82) is 0 Å². The number of nitrogens with zero attached hydrogens (tertiary/aromatic N) is 1. The molecule has 2 fully saturated rings. The molecule has 0 radical (unpaired) electrons. The number of likely N-dealkylation sites (tertiary alicyclic amines) is 1. The number of fused-ring (bicyclic) bond motifs is 2. The molecule has 0 atom stereocenters. The van der Waals surface area contributed by atoms with Gasteiger partial charge in [0.2, 0.25) is 0 Å². The van der Waals surface area contributed by atoms with Gasteiger partial charge in [-0.3, -0.25) is 0 Å². The fraction of sp³-hybridized carbons (Fsp3) is 0.750. The maximum absolute atomic E-state index is 3.75. The van der Waals surface area contributed by atoms with Crippen LogP contribution in [0.1, 0.15) is 80.0 Å². The second-order valence-electron chi connectivity index (χ2n) is 9.50. The summed E-state index contributed by atoms with van der Waals surface area (Å²) in [4.78, 5) is 2.80. The predicted octanol–water partition coefficient (Wildman–Crippen LogP) is 5.10. The Morgan fingerprint density at radius 1 is 1.00 bits per heavy atom. The summed E-state index contributed by atoms with van der Waals surface area (Å²) in [6, 6.07) is 4.87. The van der Waals surface area contributed by atoms with Crippen molar-refractivity contribution in [3.05, 3.63) is 34.4 Å². The van der Waals surface area contributed by atoms with E-state index in [4.69, 9.17) is 0 Å². The minimum absolute atomic E-state index is 0.391. The fourth-order valence-electron chi connectivity index (χ4n) is 5.93. The largest absolute Gasteiger partial charge is 0.312 e. The number of piperidine rings is 1. The molecule has 1 aromatic carbocycles. The summed E-state index contributed by atoms with van der Waals surface area (Å²) in [5.74, 6) is 0.964. The zero-order valence-corrected chi connectivity index (χ0v) is 17.1. The van der Waals surface area contributed by atoms with Crippen molar-refractivity contribution in [2.75, 3.05) is 26.2 Å². The van der Waals surface area contributed by atoms with Crippen LogP contribution < -0.4 is 5.32 Å². The van der Waals surface area contributed by atoms with Gasteiger partial charge in [-0.1, -0.05) is 49.8 Å². The van der Waals surface area contributed by atoms with E-state index in [9.17, 15) is 0 Å². The average Bonchev–Trinajstić information content (AvgIpc) is 2.60. The van der Waals surface area contributed by atoms with Crippen molar-refractivity contribution in [3.63, 3.8) is 0 Å². The highest BCUT2D eigenvalue weighted by molar-refractivity contribution is 5.45. The molecule has 2 heteroatoms. The first kappa shape index (κ1) is 18.5. The molecule has 1 saturated carbocycles. The minimum Gasteiger partial charge on any atom is -0.312 e. The van der Waals surface area contributed by atoms with E-state index in [1.165, 1.54) is 95.1 Å². The molecule has 144 valence electrons. The van der Waals surface area contributed by atoms with Crippen LogP contribution in [0.5, 0.6) is 0 Å². The molecule has 1 spiro atoms. The Balaban J connectivity index is 1.42. The summed E-state index contributed by atoms with van der Waals surface area (Å²) in [7, 11) is 0. The van der Waals surface area contributed by atoms with Gasteiger partial charge in [0.25, 0.3) is 0 Å². The maximum Gasteiger partial charge on any atom is 0.0211 e. The number of benzene rings is 1. The lowest BCUT2D eigenvalue weighted by atomic mass is 9.68. The molecule has 0 bridgehead atoms. The van der Waals surface area contributed by atoms with Crippen LogP contribution >= 0.6 is 0 Å². The second kappa shape index (κ2) is 8.02. The summed E-state index contributed by atoms with van der Waals surface area (Å²) < 4.78 is 0. The fourth-order valence-corrected chi connectivity index (χ4v) is 5.93. The molecular weight excluding hydrogens is 316 g/mol. The molecule has 0 aromatic heterocycles. The SMILES string of the molecule is Cc1cc(C)c2c(c1)C1(CCN(CC3CCCCCCC3)CC1)CNC2. The lowest BCUT2D eigenvalue weighted by Gasteiger charge is -2.46. The Kier molecular flexibility index (Phi) is 5.71. The van der Waals surface area contributed by atoms with E-state index in [2.05, 4.69) is 36.2 Å². The molecule has 26 heavy (non-hydrogen) atoms. The third kappa shape index (κ3) is 3.87. The molecule has 0 amide bonds. The van der Waals surface area contributed by atoms with E-state index in [-0.39, 0.29) is 0 Å². The van der Waals surface area contributed by atoms with Crippen molar-refractivity contribution in [3.8, 4) is 0 Å². The Morgan fingerprint density at radius 2 is 1.69 bits per heavy atom. The number of rotatable bonds is 2. The number of nitrogens with one attached hydrogen (secondary N) is 1. The van der Waals surface area contributed by atoms with Gasteiger partial charge in [-0.2, -0.15) is 0 Å². The van der Waals surface area contributed by atoms with Crippen LogP contribution in [0.15, 0.2) is 12.1 Å². The standard InChI is InChI=1S/C24H38N2/c1-19-14-20(2)22-16-25-18-24(23(22)15-19)10-12-26(13-11-24)17-21-8-6-4-3-5-7-9-21/h14-15,21,25H,3-13,16-18H2,1-2H3. The third-order valence-electron chi connectivity index (χ3n) is 7.51. The number of aryl methyl sites for hydroxylation is 2. The van der Waals surface area contributed by atoms with E-state index < -0.39 is 0 Å². The van der Waals surface area contributed by atoms with E-state index in [0.717, 1.165) is 12.5 Å². The minimum atomic E-state index is 0.391. The summed E-state index contributed by atoms with van der Waals surface area (Å²) in [6.45, 7) is 10.8. The smallest absolute Gasteiger partial charge is 0.0211 e. The topological polar surface area (TPSA) is 15.3 Å². The first-order chi connectivity index (χ1) is 12.7. The first-order valence-electron chi connectivity index (χ1n) is 11.2. The van der Waals surface area contributed by atoms with Crippen LogP contribution in [0.3, 0.4) is 0 Å². The van der Waals surface area contributed by atoms with Crippen LogP contribution in [-0.2, 0) is 12.0 Å².